The van der Waals surface area contributed by atoms with E-state index in [2.05, 4.69) is 34.4 Å². The number of halogens is 1. The van der Waals surface area contributed by atoms with Crippen LogP contribution in [0.4, 0.5) is 0 Å². The number of nitrogens with one attached hydrogen (secondary N) is 2. The van der Waals surface area contributed by atoms with Gasteiger partial charge in [-0.15, -0.1) is 24.0 Å². The second-order valence-corrected chi connectivity index (χ2v) is 6.42. The molecule has 2 rings (SSSR count). The number of hydrogen-bond donors (Lipinski definition) is 2. The molecule has 0 spiro atoms. The maximum absolute atomic E-state index is 12.2. The summed E-state index contributed by atoms with van der Waals surface area (Å²) in [5.74, 6) is 1.71. The van der Waals surface area contributed by atoms with Gasteiger partial charge in [-0.1, -0.05) is 13.8 Å². The monoisotopic (exact) mass is 491 g/mol. The number of guanidine groups is 1. The summed E-state index contributed by atoms with van der Waals surface area (Å²) in [7, 11) is 0. The van der Waals surface area contributed by atoms with E-state index >= 15 is 0 Å². The summed E-state index contributed by atoms with van der Waals surface area (Å²) in [4.78, 5) is 20.9. The molecule has 1 fully saturated rings. The quantitative estimate of drug-likeness (QED) is 0.316. The van der Waals surface area contributed by atoms with Crippen molar-refractivity contribution in [2.24, 2.45) is 4.99 Å². The summed E-state index contributed by atoms with van der Waals surface area (Å²) in [6.07, 6.45) is 3.91. The van der Waals surface area contributed by atoms with Crippen LogP contribution in [-0.4, -0.2) is 67.5 Å². The maximum Gasteiger partial charge on any atom is 0.244 e. The Morgan fingerprint density at radius 3 is 2.52 bits per heavy atom. The Morgan fingerprint density at radius 1 is 1.26 bits per heavy atom. The van der Waals surface area contributed by atoms with Crippen molar-refractivity contribution in [3.05, 3.63) is 24.2 Å². The number of aliphatic imine (C=N–C) groups is 1. The second-order valence-electron chi connectivity index (χ2n) is 6.42. The number of amides is 1. The molecule has 0 bridgehead atoms. The molecular weight excluding hydrogens is 457 g/mol. The Morgan fingerprint density at radius 2 is 1.96 bits per heavy atom. The zero-order chi connectivity index (χ0) is 18.8. The van der Waals surface area contributed by atoms with Crippen molar-refractivity contribution in [1.82, 2.24) is 20.4 Å². The van der Waals surface area contributed by atoms with Crippen LogP contribution in [0, 0.1) is 0 Å². The zero-order valence-electron chi connectivity index (χ0n) is 16.7. The molecule has 1 unspecified atom stereocenters. The lowest BCUT2D eigenvalue weighted by Crippen LogP contribution is -2.43. The van der Waals surface area contributed by atoms with Gasteiger partial charge in [-0.25, -0.2) is 4.99 Å². The Labute approximate surface area is 180 Å². The predicted octanol–water partition coefficient (Wildman–Crippen LogP) is 2.46. The molecule has 2 N–H and O–H groups in total. The van der Waals surface area contributed by atoms with Gasteiger partial charge in [0.2, 0.25) is 5.91 Å². The van der Waals surface area contributed by atoms with Gasteiger partial charge >= 0.3 is 0 Å². The van der Waals surface area contributed by atoms with E-state index in [-0.39, 0.29) is 42.5 Å². The largest absolute Gasteiger partial charge is 0.468 e. The molecule has 27 heavy (non-hydrogen) atoms. The number of carbonyl (C=O) groups excluding carboxylic acids is 1. The minimum absolute atomic E-state index is 0. The highest BCUT2D eigenvalue weighted by Crippen LogP contribution is 2.20. The fraction of sp³-hybridized carbons (Fsp3) is 0.684. The molecule has 0 radical (unpaired) electrons. The van der Waals surface area contributed by atoms with Crippen molar-refractivity contribution in [2.75, 3.05) is 45.8 Å². The molecule has 1 saturated heterocycles. The average molecular weight is 491 g/mol. The molecule has 1 aliphatic rings. The number of likely N-dealkylation sites (N-methyl/N-ethyl adjacent to an activating group) is 1. The zero-order valence-corrected chi connectivity index (χ0v) is 19.1. The van der Waals surface area contributed by atoms with Gasteiger partial charge < -0.3 is 20.0 Å². The molecule has 0 saturated carbocycles. The number of nitrogens with zero attached hydrogens (tertiary/aromatic N) is 3. The highest BCUT2D eigenvalue weighted by Gasteiger charge is 2.21. The van der Waals surface area contributed by atoms with Crippen molar-refractivity contribution < 1.29 is 9.21 Å². The molecule has 8 heteroatoms. The molecule has 2 heterocycles. The molecule has 7 nitrogen and oxygen atoms in total. The summed E-state index contributed by atoms with van der Waals surface area (Å²) in [5, 5.41) is 6.59. The SMILES string of the molecule is CCNC(=NCC(=O)N1CCCC1)NCC(c1ccco1)N(CC)CC.I. The van der Waals surface area contributed by atoms with Crippen LogP contribution in [0.5, 0.6) is 0 Å². The van der Waals surface area contributed by atoms with Crippen LogP contribution in [0.2, 0.25) is 0 Å². The van der Waals surface area contributed by atoms with Gasteiger partial charge in [0.1, 0.15) is 12.3 Å². The van der Waals surface area contributed by atoms with Gasteiger partial charge in [0.25, 0.3) is 0 Å². The Hall–Kier alpha value is -1.29. The lowest BCUT2D eigenvalue weighted by Gasteiger charge is -2.28. The Bertz CT molecular complexity index is 554. The van der Waals surface area contributed by atoms with E-state index in [1.54, 1.807) is 6.26 Å². The van der Waals surface area contributed by atoms with E-state index in [1.165, 1.54) is 0 Å². The maximum atomic E-state index is 12.2. The summed E-state index contributed by atoms with van der Waals surface area (Å²) in [6.45, 7) is 11.5. The third-order valence-electron chi connectivity index (χ3n) is 4.76. The molecule has 1 aromatic heterocycles. The lowest BCUT2D eigenvalue weighted by atomic mass is 10.2. The summed E-state index contributed by atoms with van der Waals surface area (Å²) in [6, 6.07) is 4.05. The van der Waals surface area contributed by atoms with Gasteiger partial charge in [-0.2, -0.15) is 0 Å². The standard InChI is InChI=1S/C19H33N5O2.HI/c1-4-20-19(22-15-18(25)24-11-7-8-12-24)21-14-16(23(5-2)6-3)17-10-9-13-26-17;/h9-10,13,16H,4-8,11-12,14-15H2,1-3H3,(H2,20,21,22);1H. The van der Waals surface area contributed by atoms with Crippen LogP contribution >= 0.6 is 24.0 Å². The van der Waals surface area contributed by atoms with Crippen LogP contribution in [0.3, 0.4) is 0 Å². The first-order chi connectivity index (χ1) is 12.7. The molecule has 1 aromatic rings. The smallest absolute Gasteiger partial charge is 0.244 e. The molecule has 1 atom stereocenters. The highest BCUT2D eigenvalue weighted by molar-refractivity contribution is 14.0. The lowest BCUT2D eigenvalue weighted by molar-refractivity contribution is -0.128. The normalized spacial score (nSPS) is 15.6. The molecule has 154 valence electrons. The van der Waals surface area contributed by atoms with E-state index in [4.69, 9.17) is 4.42 Å². The van der Waals surface area contributed by atoms with Crippen LogP contribution in [-0.2, 0) is 4.79 Å². The third-order valence-corrected chi connectivity index (χ3v) is 4.76. The van der Waals surface area contributed by atoms with Gasteiger partial charge in [-0.05, 0) is 45.0 Å². The number of carbonyl (C=O) groups is 1. The predicted molar refractivity (Wildman–Crippen MR) is 120 cm³/mol. The van der Waals surface area contributed by atoms with Gasteiger partial charge in [0, 0.05) is 26.2 Å². The first-order valence-electron chi connectivity index (χ1n) is 9.76. The fourth-order valence-electron chi connectivity index (χ4n) is 3.30. The second kappa shape index (κ2) is 13.0. The van der Waals surface area contributed by atoms with E-state index in [0.717, 1.165) is 51.3 Å². The van der Waals surface area contributed by atoms with Crippen LogP contribution in [0.25, 0.3) is 0 Å². The van der Waals surface area contributed by atoms with Gasteiger partial charge in [0.05, 0.1) is 12.3 Å². The minimum atomic E-state index is 0. The fourth-order valence-corrected chi connectivity index (χ4v) is 3.30. The molecule has 1 amide bonds. The van der Waals surface area contributed by atoms with E-state index < -0.39 is 0 Å². The Kier molecular flexibility index (Phi) is 11.4. The van der Waals surface area contributed by atoms with Crippen LogP contribution in [0.15, 0.2) is 27.8 Å². The van der Waals surface area contributed by atoms with Crippen molar-refractivity contribution in [3.63, 3.8) is 0 Å². The first kappa shape index (κ1) is 23.7. The number of hydrogen-bond acceptors (Lipinski definition) is 4. The van der Waals surface area contributed by atoms with Crippen molar-refractivity contribution in [3.8, 4) is 0 Å². The number of rotatable bonds is 9. The third kappa shape index (κ3) is 7.33. The van der Waals surface area contributed by atoms with Crippen molar-refractivity contribution in [1.29, 1.82) is 0 Å². The number of furan rings is 1. The van der Waals surface area contributed by atoms with Gasteiger partial charge in [-0.3, -0.25) is 9.69 Å². The average Bonchev–Trinajstić information content (AvgIpc) is 3.36. The molecule has 0 aliphatic carbocycles. The summed E-state index contributed by atoms with van der Waals surface area (Å²) < 4.78 is 5.64. The highest BCUT2D eigenvalue weighted by atomic mass is 127. The van der Waals surface area contributed by atoms with Crippen LogP contribution < -0.4 is 10.6 Å². The summed E-state index contributed by atoms with van der Waals surface area (Å²) in [5.41, 5.74) is 0. The Balaban J connectivity index is 0.00000364. The molecule has 1 aliphatic heterocycles. The van der Waals surface area contributed by atoms with Gasteiger partial charge in [0.15, 0.2) is 5.96 Å². The van der Waals surface area contributed by atoms with E-state index in [9.17, 15) is 4.79 Å². The summed E-state index contributed by atoms with van der Waals surface area (Å²) >= 11 is 0. The molecule has 0 aromatic carbocycles. The van der Waals surface area contributed by atoms with E-state index in [1.807, 2.05) is 24.0 Å². The molecular formula is C19H34IN5O2. The van der Waals surface area contributed by atoms with E-state index in [0.29, 0.717) is 12.5 Å². The van der Waals surface area contributed by atoms with Crippen LogP contribution in [0.1, 0.15) is 45.4 Å². The number of likely N-dealkylation sites (tertiary alicyclic amines) is 1. The first-order valence-corrected chi connectivity index (χ1v) is 9.76. The minimum Gasteiger partial charge on any atom is -0.468 e. The van der Waals surface area contributed by atoms with Crippen molar-refractivity contribution >= 4 is 35.8 Å². The van der Waals surface area contributed by atoms with Crippen molar-refractivity contribution in [2.45, 2.75) is 39.7 Å². The topological polar surface area (TPSA) is 73.1 Å².